The second kappa shape index (κ2) is 12.3. The molecule has 1 aliphatic heterocycles. The minimum atomic E-state index is -0.377. The van der Waals surface area contributed by atoms with Crippen LogP contribution in [0.2, 0.25) is 0 Å². The van der Waals surface area contributed by atoms with Crippen molar-refractivity contribution in [3.63, 3.8) is 0 Å². The lowest BCUT2D eigenvalue weighted by molar-refractivity contribution is 0.755. The Labute approximate surface area is 285 Å². The van der Waals surface area contributed by atoms with E-state index in [0.717, 1.165) is 34.0 Å². The number of benzene rings is 7. The number of aromatic nitrogens is 1. The zero-order valence-corrected chi connectivity index (χ0v) is 26.7. The Bertz CT molecular complexity index is 2420. The van der Waals surface area contributed by atoms with Crippen molar-refractivity contribution in [2.45, 2.75) is 6.17 Å². The van der Waals surface area contributed by atoms with Gasteiger partial charge in [-0.05, 0) is 40.5 Å². The molecule has 0 bridgehead atoms. The Kier molecular flexibility index (Phi) is 7.17. The molecule has 2 heterocycles. The number of hydrogen-bond acceptors (Lipinski definition) is 3. The van der Waals surface area contributed by atoms with Gasteiger partial charge in [0.25, 0.3) is 0 Å². The third-order valence-electron chi connectivity index (χ3n) is 9.28. The van der Waals surface area contributed by atoms with E-state index in [1.807, 2.05) is 36.4 Å². The van der Waals surface area contributed by atoms with E-state index in [9.17, 15) is 0 Å². The Balaban J connectivity index is 1.15. The maximum atomic E-state index is 5.08. The van der Waals surface area contributed by atoms with Gasteiger partial charge in [0, 0.05) is 33.2 Å². The van der Waals surface area contributed by atoms with E-state index in [1.54, 1.807) is 0 Å². The molecule has 1 N–H and O–H groups in total. The van der Waals surface area contributed by atoms with Crippen molar-refractivity contribution in [2.24, 2.45) is 9.98 Å². The van der Waals surface area contributed by atoms with Crippen LogP contribution in [0.4, 0.5) is 0 Å². The standard InChI is InChI=1S/C45H32N4/c1-4-13-31(14-5-1)32-23-25-33(26-24-32)38-20-12-21-40-39-19-10-11-22-41(39)49(42(38)40)37-29-27-36(28-30-37)45-47-43(34-15-6-2-7-16-34)46-44(48-45)35-17-8-3-9-18-35/h1-30,45H,(H,46,47,48). The summed E-state index contributed by atoms with van der Waals surface area (Å²) in [5, 5.41) is 5.96. The minimum Gasteiger partial charge on any atom is -0.324 e. The number of para-hydroxylation sites is 2. The van der Waals surface area contributed by atoms with Gasteiger partial charge in [0.2, 0.25) is 0 Å². The summed E-state index contributed by atoms with van der Waals surface area (Å²) >= 11 is 0. The number of rotatable bonds is 6. The topological polar surface area (TPSA) is 41.7 Å². The first-order valence-electron chi connectivity index (χ1n) is 16.6. The van der Waals surface area contributed by atoms with Crippen LogP contribution >= 0.6 is 0 Å². The number of aliphatic imine (C=N–C) groups is 2. The minimum absolute atomic E-state index is 0.377. The van der Waals surface area contributed by atoms with Gasteiger partial charge in [-0.15, -0.1) is 0 Å². The molecule has 7 aromatic carbocycles. The summed E-state index contributed by atoms with van der Waals surface area (Å²) in [7, 11) is 0. The Hall–Kier alpha value is -6.52. The summed E-state index contributed by atoms with van der Waals surface area (Å²) in [5.41, 5.74) is 11.4. The second-order valence-corrected chi connectivity index (χ2v) is 12.3. The average molecular weight is 629 g/mol. The Morgan fingerprint density at radius 2 is 0.918 bits per heavy atom. The lowest BCUT2D eigenvalue weighted by atomic mass is 9.98. The number of hydrogen-bond donors (Lipinski definition) is 1. The molecular weight excluding hydrogens is 597 g/mol. The van der Waals surface area contributed by atoms with Gasteiger partial charge < -0.3 is 9.88 Å². The summed E-state index contributed by atoms with van der Waals surface area (Å²) in [4.78, 5) is 10.2. The predicted molar refractivity (Wildman–Crippen MR) is 203 cm³/mol. The van der Waals surface area contributed by atoms with E-state index in [1.165, 1.54) is 44.1 Å². The molecule has 0 saturated heterocycles. The lowest BCUT2D eigenvalue weighted by Gasteiger charge is -2.22. The predicted octanol–water partition coefficient (Wildman–Crippen LogP) is 10.6. The molecule has 0 spiro atoms. The molecule has 49 heavy (non-hydrogen) atoms. The average Bonchev–Trinajstić information content (AvgIpc) is 3.53. The first-order chi connectivity index (χ1) is 24.3. The molecule has 232 valence electrons. The summed E-state index contributed by atoms with van der Waals surface area (Å²) in [6.45, 7) is 0. The van der Waals surface area contributed by atoms with Gasteiger partial charge in [-0.25, -0.2) is 9.98 Å². The number of nitrogens with zero attached hydrogens (tertiary/aromatic N) is 3. The van der Waals surface area contributed by atoms with Crippen molar-refractivity contribution in [1.82, 2.24) is 9.88 Å². The fourth-order valence-electron chi connectivity index (χ4n) is 6.87. The van der Waals surface area contributed by atoms with Gasteiger partial charge in [0.15, 0.2) is 6.17 Å². The smallest absolute Gasteiger partial charge is 0.169 e. The van der Waals surface area contributed by atoms with Gasteiger partial charge >= 0.3 is 0 Å². The molecule has 0 unspecified atom stereocenters. The van der Waals surface area contributed by atoms with Crippen LogP contribution in [0, 0.1) is 0 Å². The maximum Gasteiger partial charge on any atom is 0.169 e. The third kappa shape index (κ3) is 5.30. The molecule has 0 aliphatic carbocycles. The molecule has 0 amide bonds. The highest BCUT2D eigenvalue weighted by Gasteiger charge is 2.21. The number of nitrogens with one attached hydrogen (secondary N) is 1. The molecule has 0 saturated carbocycles. The van der Waals surface area contributed by atoms with Crippen molar-refractivity contribution < 1.29 is 0 Å². The molecule has 9 rings (SSSR count). The van der Waals surface area contributed by atoms with Gasteiger partial charge in [-0.2, -0.15) is 0 Å². The zero-order chi connectivity index (χ0) is 32.6. The van der Waals surface area contributed by atoms with Crippen LogP contribution < -0.4 is 5.32 Å². The quantitative estimate of drug-likeness (QED) is 0.196. The van der Waals surface area contributed by atoms with E-state index in [0.29, 0.717) is 0 Å². The van der Waals surface area contributed by atoms with Gasteiger partial charge in [0.1, 0.15) is 11.7 Å². The fraction of sp³-hybridized carbons (Fsp3) is 0.0222. The summed E-state index contributed by atoms with van der Waals surface area (Å²) < 4.78 is 2.40. The highest BCUT2D eigenvalue weighted by atomic mass is 15.2. The number of amidine groups is 2. The van der Waals surface area contributed by atoms with E-state index in [4.69, 9.17) is 9.98 Å². The van der Waals surface area contributed by atoms with Crippen LogP contribution in [0.15, 0.2) is 192 Å². The van der Waals surface area contributed by atoms with E-state index >= 15 is 0 Å². The van der Waals surface area contributed by atoms with Crippen molar-refractivity contribution >= 4 is 33.5 Å². The van der Waals surface area contributed by atoms with Gasteiger partial charge in [0.05, 0.1) is 11.0 Å². The molecule has 4 nitrogen and oxygen atoms in total. The van der Waals surface area contributed by atoms with Crippen molar-refractivity contribution in [3.05, 3.63) is 199 Å². The van der Waals surface area contributed by atoms with Crippen LogP contribution in [0.5, 0.6) is 0 Å². The second-order valence-electron chi connectivity index (χ2n) is 12.3. The van der Waals surface area contributed by atoms with E-state index < -0.39 is 0 Å². The molecular formula is C45H32N4. The van der Waals surface area contributed by atoms with Crippen molar-refractivity contribution in [2.75, 3.05) is 0 Å². The van der Waals surface area contributed by atoms with E-state index in [-0.39, 0.29) is 6.17 Å². The van der Waals surface area contributed by atoms with Crippen LogP contribution in [0.25, 0.3) is 49.7 Å². The summed E-state index contributed by atoms with van der Waals surface area (Å²) in [5.74, 6) is 1.63. The molecule has 1 aromatic heterocycles. The SMILES string of the molecule is c1ccc(C2=NC(c3ccc(-n4c5ccccc5c5cccc(-c6ccc(-c7ccccc7)cc6)c54)cc3)N=C(c3ccccc3)N2)cc1. The monoisotopic (exact) mass is 628 g/mol. The highest BCUT2D eigenvalue weighted by molar-refractivity contribution is 6.16. The first kappa shape index (κ1) is 28.7. The fourth-order valence-corrected chi connectivity index (χ4v) is 6.87. The van der Waals surface area contributed by atoms with Crippen molar-refractivity contribution in [1.29, 1.82) is 0 Å². The summed E-state index contributed by atoms with van der Waals surface area (Å²) in [6, 6.07) is 64.0. The maximum absolute atomic E-state index is 5.08. The highest BCUT2D eigenvalue weighted by Crippen LogP contribution is 2.39. The van der Waals surface area contributed by atoms with Crippen LogP contribution in [-0.2, 0) is 0 Å². The third-order valence-corrected chi connectivity index (χ3v) is 9.28. The first-order valence-corrected chi connectivity index (χ1v) is 16.6. The molecule has 0 radical (unpaired) electrons. The molecule has 1 aliphatic rings. The number of fused-ring (bicyclic) bond motifs is 3. The van der Waals surface area contributed by atoms with Crippen LogP contribution in [-0.4, -0.2) is 16.2 Å². The van der Waals surface area contributed by atoms with Crippen LogP contribution in [0.3, 0.4) is 0 Å². The Morgan fingerprint density at radius 1 is 0.408 bits per heavy atom. The molecule has 8 aromatic rings. The molecule has 0 fully saturated rings. The van der Waals surface area contributed by atoms with Crippen molar-refractivity contribution in [3.8, 4) is 27.9 Å². The van der Waals surface area contributed by atoms with Gasteiger partial charge in [-0.3, -0.25) is 0 Å². The summed E-state index contributed by atoms with van der Waals surface area (Å²) in [6.07, 6.45) is -0.377. The molecule has 4 heteroatoms. The normalized spacial score (nSPS) is 13.2. The largest absolute Gasteiger partial charge is 0.324 e. The zero-order valence-electron chi connectivity index (χ0n) is 26.7. The lowest BCUT2D eigenvalue weighted by Crippen LogP contribution is -2.35. The van der Waals surface area contributed by atoms with Gasteiger partial charge in [-0.1, -0.05) is 164 Å². The Morgan fingerprint density at radius 3 is 1.55 bits per heavy atom. The van der Waals surface area contributed by atoms with E-state index in [2.05, 4.69) is 155 Å². The van der Waals surface area contributed by atoms with Crippen LogP contribution in [0.1, 0.15) is 22.9 Å². The molecule has 0 atom stereocenters.